The van der Waals surface area contributed by atoms with Gasteiger partial charge in [0.15, 0.2) is 16.6 Å². The molecule has 0 saturated heterocycles. The van der Waals surface area contributed by atoms with Crippen molar-refractivity contribution in [3.05, 3.63) is 134 Å². The molecule has 7 nitrogen and oxygen atoms in total. The second kappa shape index (κ2) is 13.9. The van der Waals surface area contributed by atoms with Crippen molar-refractivity contribution in [3.8, 4) is 22.8 Å². The number of nitrogens with one attached hydrogen (secondary N) is 2. The lowest BCUT2D eigenvalue weighted by Crippen LogP contribution is -2.17. The molecule has 6 aromatic rings. The van der Waals surface area contributed by atoms with Crippen LogP contribution in [-0.4, -0.2) is 24.2 Å². The molecule has 0 aliphatic rings. The van der Waals surface area contributed by atoms with Crippen molar-refractivity contribution in [2.45, 2.75) is 13.5 Å². The van der Waals surface area contributed by atoms with Crippen molar-refractivity contribution in [2.75, 3.05) is 12.4 Å². The lowest BCUT2D eigenvalue weighted by molar-refractivity contribution is 0.0955. The SMILES string of the molecule is COc1cc(/C=N\NC(=O)c2ccc(-c3csc(Nc4ccc(C)cc4)n3)cc2)cc(I)c1OCc1cccc2ccccc12. The quantitative estimate of drug-likeness (QED) is 0.0838. The highest BCUT2D eigenvalue weighted by Gasteiger charge is 2.13. The Morgan fingerprint density at radius 2 is 1.76 bits per heavy atom. The molecule has 0 saturated carbocycles. The number of aromatic nitrogens is 1. The molecule has 0 atom stereocenters. The highest BCUT2D eigenvalue weighted by Crippen LogP contribution is 2.35. The summed E-state index contributed by atoms with van der Waals surface area (Å²) in [6.07, 6.45) is 1.59. The average Bonchev–Trinajstić information content (AvgIpc) is 3.53. The van der Waals surface area contributed by atoms with Crippen LogP contribution in [0.2, 0.25) is 0 Å². The molecule has 9 heteroatoms. The molecule has 0 bridgehead atoms. The van der Waals surface area contributed by atoms with E-state index in [0.29, 0.717) is 23.7 Å². The van der Waals surface area contributed by atoms with E-state index in [2.05, 4.69) is 86.7 Å². The van der Waals surface area contributed by atoms with E-state index < -0.39 is 0 Å². The smallest absolute Gasteiger partial charge is 0.271 e. The minimum absolute atomic E-state index is 0.311. The third-order valence-electron chi connectivity index (χ3n) is 7.13. The zero-order valence-corrected chi connectivity index (χ0v) is 27.6. The number of halogens is 1. The van der Waals surface area contributed by atoms with Crippen LogP contribution in [0.15, 0.2) is 114 Å². The number of ether oxygens (including phenoxy) is 2. The Kier molecular flexibility index (Phi) is 9.37. The average molecular weight is 725 g/mol. The number of aryl methyl sites for hydroxylation is 1. The number of fused-ring (bicyclic) bond motifs is 1. The number of thiazole rings is 1. The van der Waals surface area contributed by atoms with Gasteiger partial charge in [0.05, 0.1) is 22.6 Å². The number of benzene rings is 5. The molecule has 0 spiro atoms. The summed E-state index contributed by atoms with van der Waals surface area (Å²) in [4.78, 5) is 17.5. The van der Waals surface area contributed by atoms with Crippen LogP contribution in [0.5, 0.6) is 11.5 Å². The summed E-state index contributed by atoms with van der Waals surface area (Å²) in [6, 6.07) is 33.7. The van der Waals surface area contributed by atoms with Gasteiger partial charge in [0.1, 0.15) is 6.61 Å². The van der Waals surface area contributed by atoms with Crippen LogP contribution in [0.4, 0.5) is 10.8 Å². The van der Waals surface area contributed by atoms with Gasteiger partial charge in [0.2, 0.25) is 0 Å². The number of rotatable bonds is 10. The molecule has 224 valence electrons. The summed E-state index contributed by atoms with van der Waals surface area (Å²) < 4.78 is 12.7. The molecule has 1 heterocycles. The van der Waals surface area contributed by atoms with Crippen LogP contribution < -0.4 is 20.2 Å². The third-order valence-corrected chi connectivity index (χ3v) is 8.69. The Bertz CT molecular complexity index is 1980. The molecule has 2 N–H and O–H groups in total. The third kappa shape index (κ3) is 7.33. The maximum Gasteiger partial charge on any atom is 0.271 e. The monoisotopic (exact) mass is 724 g/mol. The number of carbonyl (C=O) groups excluding carboxylic acids is 1. The molecule has 6 rings (SSSR count). The molecule has 0 unspecified atom stereocenters. The Morgan fingerprint density at radius 1 is 0.978 bits per heavy atom. The molecule has 0 aliphatic heterocycles. The van der Waals surface area contributed by atoms with Crippen molar-refractivity contribution in [2.24, 2.45) is 5.10 Å². The van der Waals surface area contributed by atoms with Gasteiger partial charge in [-0.25, -0.2) is 10.4 Å². The molecule has 45 heavy (non-hydrogen) atoms. The van der Waals surface area contributed by atoms with Gasteiger partial charge < -0.3 is 14.8 Å². The largest absolute Gasteiger partial charge is 0.493 e. The van der Waals surface area contributed by atoms with Crippen molar-refractivity contribution in [1.29, 1.82) is 0 Å². The standard InChI is InChI=1S/C36H29IN4O3S/c1-23-10-16-29(17-11-23)39-36-40-32(22-45-36)26-12-14-27(15-13-26)35(42)41-38-20-24-18-31(37)34(33(19-24)43-2)44-21-28-8-5-7-25-6-3-4-9-30(25)28/h3-20,22H,21H2,1-2H3,(H,39,40)(H,41,42)/b38-20-. The zero-order chi connectivity index (χ0) is 31.2. The topological polar surface area (TPSA) is 84.8 Å². The molecule has 1 amide bonds. The first-order valence-corrected chi connectivity index (χ1v) is 16.1. The van der Waals surface area contributed by atoms with E-state index in [9.17, 15) is 4.79 Å². The predicted octanol–water partition coefficient (Wildman–Crippen LogP) is 8.97. The molecule has 5 aromatic carbocycles. The summed E-state index contributed by atoms with van der Waals surface area (Å²) in [5.41, 5.74) is 8.93. The van der Waals surface area contributed by atoms with E-state index in [1.165, 1.54) is 22.3 Å². The fourth-order valence-corrected chi connectivity index (χ4v) is 6.29. The Morgan fingerprint density at radius 3 is 2.56 bits per heavy atom. The summed E-state index contributed by atoms with van der Waals surface area (Å²) in [5, 5.41) is 12.6. The first-order valence-electron chi connectivity index (χ1n) is 14.2. The minimum Gasteiger partial charge on any atom is -0.493 e. The lowest BCUT2D eigenvalue weighted by atomic mass is 10.1. The summed E-state index contributed by atoms with van der Waals surface area (Å²) >= 11 is 3.75. The van der Waals surface area contributed by atoms with E-state index in [4.69, 9.17) is 9.47 Å². The fourth-order valence-electron chi connectivity index (χ4n) is 4.77. The number of methoxy groups -OCH3 is 1. The van der Waals surface area contributed by atoms with Crippen LogP contribution in [-0.2, 0) is 6.61 Å². The first-order chi connectivity index (χ1) is 22.0. The van der Waals surface area contributed by atoms with Crippen LogP contribution in [0.25, 0.3) is 22.0 Å². The van der Waals surface area contributed by atoms with Crippen LogP contribution in [0.1, 0.15) is 27.0 Å². The van der Waals surface area contributed by atoms with Gasteiger partial charge in [-0.05, 0) is 87.8 Å². The number of anilines is 2. The molecule has 1 aromatic heterocycles. The van der Waals surface area contributed by atoms with E-state index in [1.807, 2.05) is 60.0 Å². The second-order valence-electron chi connectivity index (χ2n) is 10.3. The Hall–Kier alpha value is -4.74. The van der Waals surface area contributed by atoms with E-state index in [0.717, 1.165) is 42.2 Å². The number of amides is 1. The fraction of sp³-hybridized carbons (Fsp3) is 0.0833. The normalized spacial score (nSPS) is 11.1. The lowest BCUT2D eigenvalue weighted by Gasteiger charge is -2.14. The summed E-state index contributed by atoms with van der Waals surface area (Å²) in [7, 11) is 1.61. The number of hydrogen-bond acceptors (Lipinski definition) is 7. The molecule has 0 aliphatic carbocycles. The molecular formula is C36H29IN4O3S. The van der Waals surface area contributed by atoms with Gasteiger partial charge >= 0.3 is 0 Å². The van der Waals surface area contributed by atoms with Gasteiger partial charge in [-0.15, -0.1) is 11.3 Å². The van der Waals surface area contributed by atoms with Crippen LogP contribution in [0.3, 0.4) is 0 Å². The maximum absolute atomic E-state index is 12.8. The molecule has 0 radical (unpaired) electrons. The molecular weight excluding hydrogens is 695 g/mol. The Labute approximate surface area is 279 Å². The van der Waals surface area contributed by atoms with Gasteiger partial charge in [0.25, 0.3) is 5.91 Å². The van der Waals surface area contributed by atoms with Crippen molar-refractivity contribution in [3.63, 3.8) is 0 Å². The number of nitrogens with zero attached hydrogens (tertiary/aromatic N) is 2. The van der Waals surface area contributed by atoms with E-state index in [-0.39, 0.29) is 5.91 Å². The second-order valence-corrected chi connectivity index (χ2v) is 12.3. The van der Waals surface area contributed by atoms with E-state index >= 15 is 0 Å². The number of carbonyl (C=O) groups is 1. The van der Waals surface area contributed by atoms with E-state index in [1.54, 1.807) is 25.5 Å². The highest BCUT2D eigenvalue weighted by atomic mass is 127. The van der Waals surface area contributed by atoms with Gasteiger partial charge in [0, 0.05) is 22.2 Å². The summed E-state index contributed by atoms with van der Waals surface area (Å²) in [5.74, 6) is 0.935. The van der Waals surface area contributed by atoms with Gasteiger partial charge in [-0.1, -0.05) is 72.3 Å². The minimum atomic E-state index is -0.311. The van der Waals surface area contributed by atoms with Crippen LogP contribution in [0, 0.1) is 10.5 Å². The van der Waals surface area contributed by atoms with Crippen molar-refractivity contribution >= 4 is 67.6 Å². The number of hydrazone groups is 1. The predicted molar refractivity (Wildman–Crippen MR) is 191 cm³/mol. The maximum atomic E-state index is 12.8. The van der Waals surface area contributed by atoms with Crippen molar-refractivity contribution in [1.82, 2.24) is 10.4 Å². The number of hydrogen-bond donors (Lipinski definition) is 2. The Balaban J connectivity index is 1.07. The highest BCUT2D eigenvalue weighted by molar-refractivity contribution is 14.1. The van der Waals surface area contributed by atoms with Gasteiger partial charge in [-0.3, -0.25) is 4.79 Å². The van der Waals surface area contributed by atoms with Gasteiger partial charge in [-0.2, -0.15) is 5.10 Å². The summed E-state index contributed by atoms with van der Waals surface area (Å²) in [6.45, 7) is 2.47. The first kappa shape index (κ1) is 30.3. The molecule has 0 fully saturated rings. The van der Waals surface area contributed by atoms with Crippen molar-refractivity contribution < 1.29 is 14.3 Å². The van der Waals surface area contributed by atoms with Crippen LogP contribution >= 0.6 is 33.9 Å². The zero-order valence-electron chi connectivity index (χ0n) is 24.6.